The summed E-state index contributed by atoms with van der Waals surface area (Å²) in [5.74, 6) is 0.744. The number of nitrogens with two attached hydrogens (primary N) is 1. The van der Waals surface area contributed by atoms with Crippen LogP contribution in [0.4, 0.5) is 0 Å². The van der Waals surface area contributed by atoms with Crippen molar-refractivity contribution in [1.29, 1.82) is 0 Å². The molecule has 1 saturated heterocycles. The van der Waals surface area contributed by atoms with Gasteiger partial charge in [-0.25, -0.2) is 0 Å². The predicted molar refractivity (Wildman–Crippen MR) is 95.7 cm³/mol. The molecule has 1 aliphatic rings. The number of ether oxygens (including phenoxy) is 1. The average Bonchev–Trinajstić information content (AvgIpc) is 2.54. The first kappa shape index (κ1) is 20.3. The summed E-state index contributed by atoms with van der Waals surface area (Å²) in [6, 6.07) is 5.33. The van der Waals surface area contributed by atoms with E-state index in [1.807, 2.05) is 26.0 Å². The average molecular weight is 356 g/mol. The summed E-state index contributed by atoms with van der Waals surface area (Å²) < 4.78 is 5.27. The van der Waals surface area contributed by atoms with E-state index in [0.717, 1.165) is 5.56 Å². The lowest BCUT2D eigenvalue weighted by Gasteiger charge is -2.35. The number of benzene rings is 1. The van der Waals surface area contributed by atoms with Gasteiger partial charge in [0, 0.05) is 44.2 Å². The monoisotopic (exact) mass is 355 g/mol. The van der Waals surface area contributed by atoms with Gasteiger partial charge in [0.1, 0.15) is 5.75 Å². The molecule has 2 rings (SSSR count). The Morgan fingerprint density at radius 2 is 1.79 bits per heavy atom. The number of halogens is 1. The van der Waals surface area contributed by atoms with Crippen molar-refractivity contribution in [3.05, 3.63) is 29.3 Å². The van der Waals surface area contributed by atoms with Gasteiger partial charge in [0.25, 0.3) is 5.91 Å². The Morgan fingerprint density at radius 3 is 2.33 bits per heavy atom. The smallest absolute Gasteiger partial charge is 0.254 e. The second-order valence-electron chi connectivity index (χ2n) is 6.04. The van der Waals surface area contributed by atoms with Crippen LogP contribution >= 0.6 is 12.4 Å². The number of aryl methyl sites for hydroxylation is 1. The van der Waals surface area contributed by atoms with Gasteiger partial charge in [0.05, 0.1) is 7.11 Å². The number of carbonyl (C=O) groups is 2. The van der Waals surface area contributed by atoms with Crippen molar-refractivity contribution in [3.8, 4) is 5.75 Å². The number of rotatable bonds is 4. The van der Waals surface area contributed by atoms with E-state index in [0.29, 0.717) is 43.9 Å². The van der Waals surface area contributed by atoms with Gasteiger partial charge in [-0.2, -0.15) is 0 Å². The molecule has 1 heterocycles. The third-order valence-electron chi connectivity index (χ3n) is 4.07. The number of carbonyl (C=O) groups excluding carboxylic acids is 2. The summed E-state index contributed by atoms with van der Waals surface area (Å²) in [5, 5.41) is 0. The van der Waals surface area contributed by atoms with Gasteiger partial charge in [-0.3, -0.25) is 9.59 Å². The van der Waals surface area contributed by atoms with Crippen LogP contribution in [0.25, 0.3) is 0 Å². The summed E-state index contributed by atoms with van der Waals surface area (Å²) in [5.41, 5.74) is 7.28. The van der Waals surface area contributed by atoms with E-state index in [-0.39, 0.29) is 30.3 Å². The number of hydrogen-bond acceptors (Lipinski definition) is 4. The SMILES string of the molecule is COc1cc(C(=O)N2CCN(C(=O)CC(C)N)CC2)ccc1C.Cl. The van der Waals surface area contributed by atoms with Gasteiger partial charge < -0.3 is 20.3 Å². The fourth-order valence-electron chi connectivity index (χ4n) is 2.70. The van der Waals surface area contributed by atoms with Crippen molar-refractivity contribution >= 4 is 24.2 Å². The number of methoxy groups -OCH3 is 1. The van der Waals surface area contributed by atoms with Crippen LogP contribution in [0.3, 0.4) is 0 Å². The van der Waals surface area contributed by atoms with Gasteiger partial charge >= 0.3 is 0 Å². The maximum atomic E-state index is 12.6. The predicted octanol–water partition coefficient (Wildman–Crippen LogP) is 1.45. The molecular formula is C17H26ClN3O3. The zero-order valence-corrected chi connectivity index (χ0v) is 15.3. The zero-order chi connectivity index (χ0) is 17.0. The third kappa shape index (κ3) is 4.85. The lowest BCUT2D eigenvalue weighted by Crippen LogP contribution is -2.51. The van der Waals surface area contributed by atoms with Crippen molar-refractivity contribution in [1.82, 2.24) is 9.80 Å². The molecule has 0 aliphatic carbocycles. The Morgan fingerprint density at radius 1 is 1.21 bits per heavy atom. The molecule has 24 heavy (non-hydrogen) atoms. The van der Waals surface area contributed by atoms with Crippen LogP contribution in [-0.2, 0) is 4.79 Å². The van der Waals surface area contributed by atoms with E-state index >= 15 is 0 Å². The molecule has 6 nitrogen and oxygen atoms in total. The highest BCUT2D eigenvalue weighted by atomic mass is 35.5. The molecule has 1 fully saturated rings. The first-order valence-corrected chi connectivity index (χ1v) is 7.89. The van der Waals surface area contributed by atoms with Gasteiger partial charge in [-0.1, -0.05) is 6.07 Å². The van der Waals surface area contributed by atoms with Crippen molar-refractivity contribution < 1.29 is 14.3 Å². The lowest BCUT2D eigenvalue weighted by atomic mass is 10.1. The second-order valence-corrected chi connectivity index (χ2v) is 6.04. The van der Waals surface area contributed by atoms with Crippen molar-refractivity contribution in [2.75, 3.05) is 33.3 Å². The Kier molecular flexibility index (Phi) is 7.51. The number of hydrogen-bond donors (Lipinski definition) is 1. The molecule has 1 aromatic rings. The third-order valence-corrected chi connectivity index (χ3v) is 4.07. The van der Waals surface area contributed by atoms with Gasteiger partial charge in [0.2, 0.25) is 5.91 Å². The summed E-state index contributed by atoms with van der Waals surface area (Å²) >= 11 is 0. The van der Waals surface area contributed by atoms with E-state index in [9.17, 15) is 9.59 Å². The topological polar surface area (TPSA) is 75.9 Å². The van der Waals surface area contributed by atoms with Gasteiger partial charge in [-0.05, 0) is 31.5 Å². The number of nitrogens with zero attached hydrogens (tertiary/aromatic N) is 2. The number of amides is 2. The molecule has 0 bridgehead atoms. The highest BCUT2D eigenvalue weighted by molar-refractivity contribution is 5.95. The molecule has 2 amide bonds. The fourth-order valence-corrected chi connectivity index (χ4v) is 2.70. The van der Waals surface area contributed by atoms with E-state index in [1.165, 1.54) is 0 Å². The van der Waals surface area contributed by atoms with Crippen LogP contribution in [0.15, 0.2) is 18.2 Å². The molecule has 7 heteroatoms. The molecule has 0 aromatic heterocycles. The van der Waals surface area contributed by atoms with Crippen LogP contribution in [0.1, 0.15) is 29.3 Å². The zero-order valence-electron chi connectivity index (χ0n) is 14.4. The molecule has 134 valence electrons. The van der Waals surface area contributed by atoms with Crippen LogP contribution in [0.2, 0.25) is 0 Å². The van der Waals surface area contributed by atoms with Crippen LogP contribution in [0, 0.1) is 6.92 Å². The summed E-state index contributed by atoms with van der Waals surface area (Å²) in [7, 11) is 1.60. The van der Waals surface area contributed by atoms with E-state index in [2.05, 4.69) is 0 Å². The Balaban J connectivity index is 0.00000288. The molecule has 0 radical (unpaired) electrons. The van der Waals surface area contributed by atoms with Crippen LogP contribution in [-0.4, -0.2) is 60.9 Å². The molecule has 1 aliphatic heterocycles. The molecule has 2 N–H and O–H groups in total. The summed E-state index contributed by atoms with van der Waals surface area (Å²) in [6.07, 6.45) is 0.350. The minimum atomic E-state index is -0.137. The first-order valence-electron chi connectivity index (χ1n) is 7.89. The minimum Gasteiger partial charge on any atom is -0.496 e. The minimum absolute atomic E-state index is 0. The Labute approximate surface area is 149 Å². The maximum Gasteiger partial charge on any atom is 0.254 e. The Bertz CT molecular complexity index is 584. The molecule has 1 atom stereocenters. The van der Waals surface area contributed by atoms with Gasteiger partial charge in [0.15, 0.2) is 0 Å². The largest absolute Gasteiger partial charge is 0.496 e. The maximum absolute atomic E-state index is 12.6. The van der Waals surface area contributed by atoms with Gasteiger partial charge in [-0.15, -0.1) is 12.4 Å². The number of piperazine rings is 1. The Hall–Kier alpha value is -1.79. The van der Waals surface area contributed by atoms with Crippen molar-refractivity contribution in [2.45, 2.75) is 26.3 Å². The standard InChI is InChI=1S/C17H25N3O3.ClH/c1-12-4-5-14(11-15(12)23-3)17(22)20-8-6-19(7-9-20)16(21)10-13(2)18;/h4-5,11,13H,6-10,18H2,1-3H3;1H. The highest BCUT2D eigenvalue weighted by Gasteiger charge is 2.25. The highest BCUT2D eigenvalue weighted by Crippen LogP contribution is 2.20. The normalized spacial score (nSPS) is 15.5. The molecular weight excluding hydrogens is 330 g/mol. The van der Waals surface area contributed by atoms with E-state index in [4.69, 9.17) is 10.5 Å². The molecule has 0 spiro atoms. The second kappa shape index (κ2) is 8.89. The first-order chi connectivity index (χ1) is 10.9. The molecule has 1 unspecified atom stereocenters. The fraction of sp³-hybridized carbons (Fsp3) is 0.529. The van der Waals surface area contributed by atoms with Crippen molar-refractivity contribution in [2.24, 2.45) is 5.73 Å². The molecule has 0 saturated carbocycles. The summed E-state index contributed by atoms with van der Waals surface area (Å²) in [6.45, 7) is 5.96. The van der Waals surface area contributed by atoms with Crippen molar-refractivity contribution in [3.63, 3.8) is 0 Å². The summed E-state index contributed by atoms with van der Waals surface area (Å²) in [4.78, 5) is 28.1. The van der Waals surface area contributed by atoms with E-state index in [1.54, 1.807) is 23.0 Å². The lowest BCUT2D eigenvalue weighted by molar-refractivity contribution is -0.132. The van der Waals surface area contributed by atoms with Crippen LogP contribution in [0.5, 0.6) is 5.75 Å². The van der Waals surface area contributed by atoms with E-state index < -0.39 is 0 Å². The van der Waals surface area contributed by atoms with Crippen LogP contribution < -0.4 is 10.5 Å². The quantitative estimate of drug-likeness (QED) is 0.886. The molecule has 1 aromatic carbocycles.